The summed E-state index contributed by atoms with van der Waals surface area (Å²) in [7, 11) is 1.61. The number of hydrogen-bond donors (Lipinski definition) is 3. The van der Waals surface area contributed by atoms with Crippen LogP contribution in [0.3, 0.4) is 0 Å². The predicted molar refractivity (Wildman–Crippen MR) is 72.7 cm³/mol. The third kappa shape index (κ3) is 3.59. The molecule has 6 heteroatoms. The van der Waals surface area contributed by atoms with Crippen LogP contribution in [-0.4, -0.2) is 39.6 Å². The summed E-state index contributed by atoms with van der Waals surface area (Å²) >= 11 is 4.84. The molecule has 18 heavy (non-hydrogen) atoms. The number of rotatable bonds is 4. The molecule has 1 unspecified atom stereocenters. The molecule has 1 rings (SSSR count). The van der Waals surface area contributed by atoms with Gasteiger partial charge >= 0.3 is 0 Å². The summed E-state index contributed by atoms with van der Waals surface area (Å²) in [6, 6.07) is 3.75. The van der Waals surface area contributed by atoms with Crippen LogP contribution >= 0.6 is 12.2 Å². The molecule has 0 radical (unpaired) electrons. The zero-order chi connectivity index (χ0) is 13.9. The fraction of sp³-hybridized carbons (Fsp3) is 0.333. The van der Waals surface area contributed by atoms with Crippen LogP contribution in [0.1, 0.15) is 17.3 Å². The smallest absolute Gasteiger partial charge is 0.253 e. The minimum absolute atomic E-state index is 0.0974. The quantitative estimate of drug-likeness (QED) is 0.712. The van der Waals surface area contributed by atoms with Gasteiger partial charge in [0.1, 0.15) is 11.5 Å². The number of hydrogen-bond acceptors (Lipinski definition) is 4. The Bertz CT molecular complexity index is 456. The van der Waals surface area contributed by atoms with Crippen LogP contribution in [-0.2, 0) is 0 Å². The van der Waals surface area contributed by atoms with Crippen molar-refractivity contribution in [3.63, 3.8) is 0 Å². The van der Waals surface area contributed by atoms with E-state index in [9.17, 15) is 15.0 Å². The summed E-state index contributed by atoms with van der Waals surface area (Å²) in [5.74, 6) is -0.729. The fourth-order valence-corrected chi connectivity index (χ4v) is 1.60. The maximum Gasteiger partial charge on any atom is 0.253 e. The van der Waals surface area contributed by atoms with Crippen LogP contribution < -0.4 is 5.73 Å². The first-order chi connectivity index (χ1) is 8.31. The van der Waals surface area contributed by atoms with Crippen molar-refractivity contribution in [2.24, 2.45) is 11.7 Å². The molecule has 0 bridgehead atoms. The van der Waals surface area contributed by atoms with Gasteiger partial charge in [-0.05, 0) is 12.1 Å². The summed E-state index contributed by atoms with van der Waals surface area (Å²) in [5.41, 5.74) is 5.70. The highest BCUT2D eigenvalue weighted by molar-refractivity contribution is 7.80. The molecule has 0 aliphatic heterocycles. The molecule has 98 valence electrons. The first kappa shape index (κ1) is 14.2. The summed E-state index contributed by atoms with van der Waals surface area (Å²) in [4.78, 5) is 13.8. The van der Waals surface area contributed by atoms with E-state index in [1.165, 1.54) is 17.0 Å². The number of nitrogens with zero attached hydrogens (tertiary/aromatic N) is 1. The van der Waals surface area contributed by atoms with Crippen molar-refractivity contribution in [2.75, 3.05) is 13.6 Å². The number of thiocarbonyl (C=S) groups is 1. The SMILES string of the molecule is CC(CN(C)C(=O)c1cc(O)cc(O)c1)C(N)=S. The van der Waals surface area contributed by atoms with Crippen LogP contribution in [0.25, 0.3) is 0 Å². The van der Waals surface area contributed by atoms with E-state index in [0.717, 1.165) is 6.07 Å². The number of phenolic OH excluding ortho intramolecular Hbond substituents is 2. The number of aromatic hydroxyl groups is 2. The Balaban J connectivity index is 2.83. The number of nitrogens with two attached hydrogens (primary N) is 1. The molecule has 0 saturated heterocycles. The number of carbonyl (C=O) groups is 1. The van der Waals surface area contributed by atoms with E-state index in [-0.39, 0.29) is 28.9 Å². The van der Waals surface area contributed by atoms with E-state index in [1.807, 2.05) is 6.92 Å². The molecule has 0 aliphatic carbocycles. The highest BCUT2D eigenvalue weighted by atomic mass is 32.1. The van der Waals surface area contributed by atoms with Gasteiger partial charge in [-0.25, -0.2) is 0 Å². The van der Waals surface area contributed by atoms with Crippen molar-refractivity contribution in [3.8, 4) is 11.5 Å². The topological polar surface area (TPSA) is 86.8 Å². The van der Waals surface area contributed by atoms with E-state index < -0.39 is 0 Å². The molecule has 0 saturated carbocycles. The highest BCUT2D eigenvalue weighted by Gasteiger charge is 2.16. The van der Waals surface area contributed by atoms with Gasteiger partial charge in [-0.15, -0.1) is 0 Å². The molecule has 1 aromatic carbocycles. The summed E-state index contributed by atoms with van der Waals surface area (Å²) in [5, 5.41) is 18.6. The first-order valence-electron chi connectivity index (χ1n) is 5.39. The third-order valence-electron chi connectivity index (χ3n) is 2.53. The Morgan fingerprint density at radius 2 is 1.89 bits per heavy atom. The zero-order valence-electron chi connectivity index (χ0n) is 10.3. The van der Waals surface area contributed by atoms with Crippen LogP contribution in [0.4, 0.5) is 0 Å². The first-order valence-corrected chi connectivity index (χ1v) is 5.80. The normalized spacial score (nSPS) is 11.9. The average Bonchev–Trinajstić information content (AvgIpc) is 2.26. The minimum Gasteiger partial charge on any atom is -0.508 e. The summed E-state index contributed by atoms with van der Waals surface area (Å²) in [6.07, 6.45) is 0. The summed E-state index contributed by atoms with van der Waals surface area (Å²) in [6.45, 7) is 2.20. The molecular weight excluding hydrogens is 252 g/mol. The predicted octanol–water partition coefficient (Wildman–Crippen LogP) is 1.09. The van der Waals surface area contributed by atoms with Gasteiger partial charge in [-0.2, -0.15) is 0 Å². The molecular formula is C12H16N2O3S. The fourth-order valence-electron chi connectivity index (χ4n) is 1.52. The van der Waals surface area contributed by atoms with Crippen LogP contribution in [0.5, 0.6) is 11.5 Å². The van der Waals surface area contributed by atoms with Crippen molar-refractivity contribution in [1.82, 2.24) is 4.90 Å². The molecule has 0 heterocycles. The maximum atomic E-state index is 12.0. The highest BCUT2D eigenvalue weighted by Crippen LogP contribution is 2.21. The van der Waals surface area contributed by atoms with Gasteiger partial charge < -0.3 is 20.8 Å². The Labute approximate surface area is 111 Å². The van der Waals surface area contributed by atoms with Crippen molar-refractivity contribution in [2.45, 2.75) is 6.92 Å². The second-order valence-corrected chi connectivity index (χ2v) is 4.70. The third-order valence-corrected chi connectivity index (χ3v) is 2.93. The van der Waals surface area contributed by atoms with Gasteiger partial charge in [0.25, 0.3) is 5.91 Å². The molecule has 1 amide bonds. The van der Waals surface area contributed by atoms with E-state index in [4.69, 9.17) is 18.0 Å². The van der Waals surface area contributed by atoms with Crippen molar-refractivity contribution >= 4 is 23.1 Å². The van der Waals surface area contributed by atoms with Gasteiger partial charge in [0.2, 0.25) is 0 Å². The molecule has 4 N–H and O–H groups in total. The van der Waals surface area contributed by atoms with Gasteiger partial charge in [0, 0.05) is 31.1 Å². The number of amides is 1. The lowest BCUT2D eigenvalue weighted by Crippen LogP contribution is -2.35. The monoisotopic (exact) mass is 268 g/mol. The molecule has 0 spiro atoms. The van der Waals surface area contributed by atoms with Crippen LogP contribution in [0.15, 0.2) is 18.2 Å². The van der Waals surface area contributed by atoms with Crippen LogP contribution in [0, 0.1) is 5.92 Å². The second kappa shape index (κ2) is 5.68. The average molecular weight is 268 g/mol. The Morgan fingerprint density at radius 1 is 1.39 bits per heavy atom. The lowest BCUT2D eigenvalue weighted by molar-refractivity contribution is 0.0786. The van der Waals surface area contributed by atoms with Crippen molar-refractivity contribution in [1.29, 1.82) is 0 Å². The second-order valence-electron chi connectivity index (χ2n) is 4.23. The van der Waals surface area contributed by atoms with E-state index >= 15 is 0 Å². The van der Waals surface area contributed by atoms with E-state index in [1.54, 1.807) is 7.05 Å². The lowest BCUT2D eigenvalue weighted by Gasteiger charge is -2.21. The van der Waals surface area contributed by atoms with Gasteiger partial charge in [0.15, 0.2) is 0 Å². The Morgan fingerprint density at radius 3 is 2.33 bits per heavy atom. The molecule has 0 fully saturated rings. The van der Waals surface area contributed by atoms with E-state index in [0.29, 0.717) is 11.5 Å². The van der Waals surface area contributed by atoms with Crippen molar-refractivity contribution < 1.29 is 15.0 Å². The molecule has 1 aromatic rings. The van der Waals surface area contributed by atoms with Gasteiger partial charge in [-0.1, -0.05) is 19.1 Å². The standard InChI is InChI=1S/C12H16N2O3S/c1-7(11(13)18)6-14(2)12(17)8-3-9(15)5-10(16)4-8/h3-5,7,15-16H,6H2,1-2H3,(H2,13,18). The molecule has 0 aromatic heterocycles. The number of phenols is 2. The lowest BCUT2D eigenvalue weighted by atomic mass is 10.1. The largest absolute Gasteiger partial charge is 0.508 e. The number of carbonyl (C=O) groups excluding carboxylic acids is 1. The molecule has 0 aliphatic rings. The van der Waals surface area contributed by atoms with Gasteiger partial charge in [-0.3, -0.25) is 4.79 Å². The summed E-state index contributed by atoms with van der Waals surface area (Å²) < 4.78 is 0. The maximum absolute atomic E-state index is 12.0. The molecule has 1 atom stereocenters. The zero-order valence-corrected chi connectivity index (χ0v) is 11.1. The Kier molecular flexibility index (Phi) is 4.49. The van der Waals surface area contributed by atoms with E-state index in [2.05, 4.69) is 0 Å². The number of benzene rings is 1. The minimum atomic E-state index is -0.315. The molecule has 5 nitrogen and oxygen atoms in total. The van der Waals surface area contributed by atoms with Crippen molar-refractivity contribution in [3.05, 3.63) is 23.8 Å². The van der Waals surface area contributed by atoms with Gasteiger partial charge in [0.05, 0.1) is 4.99 Å². The Hall–Kier alpha value is -1.82. The van der Waals surface area contributed by atoms with Crippen LogP contribution in [0.2, 0.25) is 0 Å².